The van der Waals surface area contributed by atoms with Gasteiger partial charge in [-0.05, 0) is 24.3 Å². The van der Waals surface area contributed by atoms with Gasteiger partial charge in [0.15, 0.2) is 0 Å². The molecule has 6 heteroatoms. The van der Waals surface area contributed by atoms with Crippen molar-refractivity contribution in [2.75, 3.05) is 0 Å². The number of halogens is 3. The summed E-state index contributed by atoms with van der Waals surface area (Å²) in [7, 11) is 0. The zero-order valence-corrected chi connectivity index (χ0v) is 9.86. The Kier molecular flexibility index (Phi) is 3.71. The van der Waals surface area contributed by atoms with Crippen LogP contribution in [0.2, 0.25) is 0 Å². The Balaban J connectivity index is 2.29. The van der Waals surface area contributed by atoms with Crippen LogP contribution < -0.4 is 4.74 Å². The molecule has 0 N–H and O–H groups in total. The van der Waals surface area contributed by atoms with Crippen molar-refractivity contribution in [3.8, 4) is 11.8 Å². The second-order valence-electron chi connectivity index (χ2n) is 3.74. The fraction of sp³-hybridized carbons (Fsp3) is 0. The molecule has 0 bridgehead atoms. The van der Waals surface area contributed by atoms with Crippen molar-refractivity contribution in [2.24, 2.45) is 0 Å². The number of hydrogen-bond acceptors (Lipinski definition) is 3. The molecule has 3 nitrogen and oxygen atoms in total. The van der Waals surface area contributed by atoms with Crippen LogP contribution in [0.3, 0.4) is 0 Å². The highest BCUT2D eigenvalue weighted by molar-refractivity contribution is 5.91. The maximum absolute atomic E-state index is 13.3. The van der Waals surface area contributed by atoms with Gasteiger partial charge in [0.25, 0.3) is 0 Å². The summed E-state index contributed by atoms with van der Waals surface area (Å²) in [6, 6.07) is 7.52. The zero-order valence-electron chi connectivity index (χ0n) is 9.86. The quantitative estimate of drug-likeness (QED) is 0.625. The minimum absolute atomic E-state index is 0.234. The molecule has 0 unspecified atom stereocenters. The molecule has 0 radical (unpaired) electrons. The van der Waals surface area contributed by atoms with Gasteiger partial charge in [-0.2, -0.15) is 5.26 Å². The molecule has 20 heavy (non-hydrogen) atoms. The third-order valence-electron chi connectivity index (χ3n) is 2.44. The maximum Gasteiger partial charge on any atom is 0.349 e. The summed E-state index contributed by atoms with van der Waals surface area (Å²) in [5.41, 5.74) is -1.10. The topological polar surface area (TPSA) is 50.1 Å². The van der Waals surface area contributed by atoms with E-state index in [9.17, 15) is 18.0 Å². The summed E-state index contributed by atoms with van der Waals surface area (Å²) in [5.74, 6) is -4.60. The number of carbonyl (C=O) groups is 1. The Morgan fingerprint density at radius 3 is 2.25 bits per heavy atom. The minimum Gasteiger partial charge on any atom is -0.423 e. The van der Waals surface area contributed by atoms with Gasteiger partial charge in [-0.1, -0.05) is 6.07 Å². The van der Waals surface area contributed by atoms with Crippen LogP contribution in [0.25, 0.3) is 0 Å². The highest BCUT2D eigenvalue weighted by atomic mass is 19.1. The minimum atomic E-state index is -1.29. The molecule has 2 aromatic carbocycles. The molecule has 0 aromatic heterocycles. The van der Waals surface area contributed by atoms with E-state index in [2.05, 4.69) is 4.74 Å². The summed E-state index contributed by atoms with van der Waals surface area (Å²) in [5, 5.41) is 8.55. The van der Waals surface area contributed by atoms with Crippen LogP contribution in [-0.4, -0.2) is 5.97 Å². The SMILES string of the molecule is N#Cc1ccc(OC(=O)c2c(F)cccc2F)cc1F. The van der Waals surface area contributed by atoms with Gasteiger partial charge < -0.3 is 4.74 Å². The van der Waals surface area contributed by atoms with Crippen LogP contribution in [0.1, 0.15) is 15.9 Å². The van der Waals surface area contributed by atoms with E-state index >= 15 is 0 Å². The van der Waals surface area contributed by atoms with Crippen LogP contribution in [-0.2, 0) is 0 Å². The van der Waals surface area contributed by atoms with Crippen molar-refractivity contribution < 1.29 is 22.7 Å². The molecule has 0 aliphatic carbocycles. The molecule has 0 atom stereocenters. The van der Waals surface area contributed by atoms with Gasteiger partial charge in [-0.25, -0.2) is 18.0 Å². The van der Waals surface area contributed by atoms with Crippen LogP contribution in [0, 0.1) is 28.8 Å². The molecule has 0 fully saturated rings. The zero-order chi connectivity index (χ0) is 14.7. The van der Waals surface area contributed by atoms with Crippen molar-refractivity contribution in [1.29, 1.82) is 5.26 Å². The van der Waals surface area contributed by atoms with Crippen LogP contribution in [0.15, 0.2) is 36.4 Å². The van der Waals surface area contributed by atoms with Crippen LogP contribution in [0.4, 0.5) is 13.2 Å². The van der Waals surface area contributed by atoms with Crippen molar-refractivity contribution in [1.82, 2.24) is 0 Å². The predicted octanol–water partition coefficient (Wildman–Crippen LogP) is 3.19. The normalized spacial score (nSPS) is 9.90. The molecular weight excluding hydrogens is 271 g/mol. The van der Waals surface area contributed by atoms with Crippen molar-refractivity contribution in [3.63, 3.8) is 0 Å². The monoisotopic (exact) mass is 277 g/mol. The first kappa shape index (κ1) is 13.6. The lowest BCUT2D eigenvalue weighted by Crippen LogP contribution is -2.13. The van der Waals surface area contributed by atoms with Crippen molar-refractivity contribution in [3.05, 3.63) is 65.0 Å². The smallest absolute Gasteiger partial charge is 0.349 e. The molecule has 0 aliphatic rings. The van der Waals surface area contributed by atoms with Gasteiger partial charge in [-0.15, -0.1) is 0 Å². The van der Waals surface area contributed by atoms with E-state index in [-0.39, 0.29) is 11.3 Å². The van der Waals surface area contributed by atoms with Gasteiger partial charge >= 0.3 is 5.97 Å². The lowest BCUT2D eigenvalue weighted by molar-refractivity contribution is 0.0724. The van der Waals surface area contributed by atoms with Crippen molar-refractivity contribution >= 4 is 5.97 Å². The highest BCUT2D eigenvalue weighted by Gasteiger charge is 2.19. The lowest BCUT2D eigenvalue weighted by atomic mass is 10.2. The molecule has 0 spiro atoms. The summed E-state index contributed by atoms with van der Waals surface area (Å²) in [4.78, 5) is 11.6. The lowest BCUT2D eigenvalue weighted by Gasteiger charge is -2.06. The Hall–Kier alpha value is -2.81. The maximum atomic E-state index is 13.3. The molecule has 0 saturated heterocycles. The fourth-order valence-corrected chi connectivity index (χ4v) is 1.50. The Morgan fingerprint density at radius 2 is 1.70 bits per heavy atom. The number of rotatable bonds is 2. The molecule has 2 rings (SSSR count). The molecule has 2 aromatic rings. The first-order chi connectivity index (χ1) is 9.52. The largest absolute Gasteiger partial charge is 0.423 e. The van der Waals surface area contributed by atoms with Crippen LogP contribution in [0.5, 0.6) is 5.75 Å². The average Bonchev–Trinajstić information content (AvgIpc) is 2.38. The summed E-state index contributed by atoms with van der Waals surface area (Å²) in [6.45, 7) is 0. The van der Waals surface area contributed by atoms with Gasteiger partial charge in [0, 0.05) is 6.07 Å². The third kappa shape index (κ3) is 2.62. The van der Waals surface area contributed by atoms with Gasteiger partial charge in [0.1, 0.15) is 34.8 Å². The molecule has 100 valence electrons. The number of nitriles is 1. The van der Waals surface area contributed by atoms with E-state index in [0.29, 0.717) is 0 Å². The molecule has 0 aliphatic heterocycles. The van der Waals surface area contributed by atoms with Gasteiger partial charge in [-0.3, -0.25) is 0 Å². The van der Waals surface area contributed by atoms with E-state index in [1.807, 2.05) is 0 Å². The Morgan fingerprint density at radius 1 is 1.05 bits per heavy atom. The summed E-state index contributed by atoms with van der Waals surface area (Å²) in [6.07, 6.45) is 0. The Bertz CT molecular complexity index is 703. The first-order valence-corrected chi connectivity index (χ1v) is 5.38. The third-order valence-corrected chi connectivity index (χ3v) is 2.44. The number of esters is 1. The molecular formula is C14H6F3NO2. The summed E-state index contributed by atoms with van der Waals surface area (Å²) >= 11 is 0. The first-order valence-electron chi connectivity index (χ1n) is 5.38. The van der Waals surface area contributed by atoms with E-state index in [0.717, 1.165) is 36.4 Å². The number of carbonyl (C=O) groups excluding carboxylic acids is 1. The van der Waals surface area contributed by atoms with E-state index in [1.165, 1.54) is 0 Å². The van der Waals surface area contributed by atoms with E-state index in [4.69, 9.17) is 5.26 Å². The second kappa shape index (κ2) is 5.45. The van der Waals surface area contributed by atoms with Gasteiger partial charge in [0.05, 0.1) is 5.56 Å². The molecule has 0 amide bonds. The average molecular weight is 277 g/mol. The standard InChI is InChI=1S/C14H6F3NO2/c15-10-2-1-3-11(16)13(10)14(19)20-9-5-4-8(7-18)12(17)6-9/h1-6H. The predicted molar refractivity (Wildman–Crippen MR) is 62.4 cm³/mol. The van der Waals surface area contributed by atoms with E-state index < -0.39 is 29.0 Å². The molecule has 0 saturated carbocycles. The number of benzene rings is 2. The van der Waals surface area contributed by atoms with Crippen LogP contribution >= 0.6 is 0 Å². The molecule has 0 heterocycles. The number of nitrogens with zero attached hydrogens (tertiary/aromatic N) is 1. The van der Waals surface area contributed by atoms with Gasteiger partial charge in [0.2, 0.25) is 0 Å². The second-order valence-corrected chi connectivity index (χ2v) is 3.74. The highest BCUT2D eigenvalue weighted by Crippen LogP contribution is 2.19. The van der Waals surface area contributed by atoms with Crippen molar-refractivity contribution in [2.45, 2.75) is 0 Å². The van der Waals surface area contributed by atoms with E-state index in [1.54, 1.807) is 6.07 Å². The fourth-order valence-electron chi connectivity index (χ4n) is 1.50. The summed E-state index contributed by atoms with van der Waals surface area (Å²) < 4.78 is 44.7. The Labute approximate surface area is 111 Å². The number of hydrogen-bond donors (Lipinski definition) is 0. The number of ether oxygens (including phenoxy) is 1.